The molecule has 2 rings (SSSR count). The van der Waals surface area contributed by atoms with Crippen molar-refractivity contribution in [2.75, 3.05) is 26.2 Å². The van der Waals surface area contributed by atoms with Crippen LogP contribution in [-0.4, -0.2) is 38.1 Å². The van der Waals surface area contributed by atoms with E-state index in [0.717, 1.165) is 29.8 Å². The van der Waals surface area contributed by atoms with E-state index < -0.39 is 0 Å². The molecule has 2 N–H and O–H groups in total. The molecule has 1 heterocycles. The molecule has 1 fully saturated rings. The smallest absolute Gasteiger partial charge is 0.314 e. The van der Waals surface area contributed by atoms with E-state index in [-0.39, 0.29) is 17.8 Å². The number of likely N-dealkylation sites (tertiary alicyclic amines) is 1. The number of hydrogen-bond donors (Lipinski definition) is 2. The molecular weight excluding hydrogens is 316 g/mol. The molecule has 1 aromatic carbocycles. The highest BCUT2D eigenvalue weighted by atomic mass is 35.5. The molecule has 1 aliphatic heterocycles. The zero-order valence-electron chi connectivity index (χ0n) is 13.4. The first-order chi connectivity index (χ1) is 11.1. The number of ether oxygens (including phenoxy) is 1. The third-order valence-electron chi connectivity index (χ3n) is 4.05. The first-order valence-corrected chi connectivity index (χ1v) is 8.47. The van der Waals surface area contributed by atoms with Gasteiger partial charge in [0.15, 0.2) is 6.54 Å². The van der Waals surface area contributed by atoms with Gasteiger partial charge in [0.05, 0.1) is 19.7 Å². The van der Waals surface area contributed by atoms with Crippen LogP contribution in [0.15, 0.2) is 24.3 Å². The van der Waals surface area contributed by atoms with Crippen molar-refractivity contribution in [1.82, 2.24) is 5.32 Å². The van der Waals surface area contributed by atoms with Crippen molar-refractivity contribution in [2.45, 2.75) is 26.3 Å². The molecule has 23 heavy (non-hydrogen) atoms. The lowest BCUT2D eigenvalue weighted by molar-refractivity contribution is -0.899. The van der Waals surface area contributed by atoms with E-state index in [4.69, 9.17) is 16.3 Å². The summed E-state index contributed by atoms with van der Waals surface area (Å²) >= 11 is 5.84. The van der Waals surface area contributed by atoms with E-state index in [1.54, 1.807) is 0 Å². The van der Waals surface area contributed by atoms with Gasteiger partial charge in [-0.05, 0) is 37.5 Å². The fraction of sp³-hybridized carbons (Fsp3) is 0.529. The summed E-state index contributed by atoms with van der Waals surface area (Å²) in [5.74, 6) is -0.214. The molecule has 1 unspecified atom stereocenters. The molecule has 126 valence electrons. The Morgan fingerprint density at radius 3 is 2.78 bits per heavy atom. The van der Waals surface area contributed by atoms with Gasteiger partial charge in [-0.3, -0.25) is 9.59 Å². The van der Waals surface area contributed by atoms with Crippen molar-refractivity contribution in [3.05, 3.63) is 34.9 Å². The number of carbonyl (C=O) groups excluding carboxylic acids is 2. The van der Waals surface area contributed by atoms with Gasteiger partial charge in [0.2, 0.25) is 0 Å². The van der Waals surface area contributed by atoms with Gasteiger partial charge >= 0.3 is 5.97 Å². The average molecular weight is 340 g/mol. The van der Waals surface area contributed by atoms with E-state index >= 15 is 0 Å². The van der Waals surface area contributed by atoms with Gasteiger partial charge in [0.1, 0.15) is 5.92 Å². The van der Waals surface area contributed by atoms with Crippen molar-refractivity contribution >= 4 is 23.5 Å². The van der Waals surface area contributed by atoms with Crippen LogP contribution in [0.5, 0.6) is 0 Å². The molecule has 1 aromatic rings. The molecule has 1 aliphatic rings. The zero-order chi connectivity index (χ0) is 16.7. The highest BCUT2D eigenvalue weighted by Crippen LogP contribution is 2.10. The number of quaternary nitrogens is 1. The normalized spacial score (nSPS) is 20.8. The summed E-state index contributed by atoms with van der Waals surface area (Å²) in [6, 6.07) is 7.41. The molecule has 0 saturated carbocycles. The lowest BCUT2D eigenvalue weighted by atomic mass is 9.98. The average Bonchev–Trinajstić information content (AvgIpc) is 2.55. The summed E-state index contributed by atoms with van der Waals surface area (Å²) in [5, 5.41) is 3.60. The quantitative estimate of drug-likeness (QED) is 0.754. The molecule has 0 spiro atoms. The van der Waals surface area contributed by atoms with Crippen molar-refractivity contribution in [3.63, 3.8) is 0 Å². The Bertz CT molecular complexity index is 533. The summed E-state index contributed by atoms with van der Waals surface area (Å²) in [7, 11) is 0. The fourth-order valence-electron chi connectivity index (χ4n) is 2.87. The first kappa shape index (κ1) is 17.8. The number of esters is 1. The molecule has 6 heteroatoms. The first-order valence-electron chi connectivity index (χ1n) is 8.09. The molecule has 0 bridgehead atoms. The molecule has 2 atom stereocenters. The monoisotopic (exact) mass is 339 g/mol. The van der Waals surface area contributed by atoms with Crippen LogP contribution in [0.2, 0.25) is 5.02 Å². The van der Waals surface area contributed by atoms with Gasteiger partial charge in [-0.2, -0.15) is 0 Å². The fourth-order valence-corrected chi connectivity index (χ4v) is 2.99. The van der Waals surface area contributed by atoms with E-state index in [2.05, 4.69) is 5.32 Å². The Morgan fingerprint density at radius 1 is 1.35 bits per heavy atom. The second-order valence-corrected chi connectivity index (χ2v) is 6.31. The summed E-state index contributed by atoms with van der Waals surface area (Å²) in [6.07, 6.45) is 1.80. The van der Waals surface area contributed by atoms with Gasteiger partial charge in [-0.1, -0.05) is 23.7 Å². The number of benzene rings is 1. The Kier molecular flexibility index (Phi) is 6.86. The maximum atomic E-state index is 12.1. The molecule has 1 saturated heterocycles. The minimum Gasteiger partial charge on any atom is -0.466 e. The number of hydrogen-bond acceptors (Lipinski definition) is 3. The minimum absolute atomic E-state index is 0.000501. The highest BCUT2D eigenvalue weighted by Gasteiger charge is 2.30. The molecule has 1 amide bonds. The third kappa shape index (κ3) is 5.84. The Balaban J connectivity index is 1.76. The number of nitrogens with one attached hydrogen (secondary N) is 2. The van der Waals surface area contributed by atoms with Crippen LogP contribution < -0.4 is 10.2 Å². The number of piperidine rings is 1. The largest absolute Gasteiger partial charge is 0.466 e. The maximum absolute atomic E-state index is 12.1. The highest BCUT2D eigenvalue weighted by molar-refractivity contribution is 6.30. The number of amides is 1. The number of halogens is 1. The van der Waals surface area contributed by atoms with Gasteiger partial charge in [-0.15, -0.1) is 0 Å². The van der Waals surface area contributed by atoms with E-state index in [9.17, 15) is 9.59 Å². The van der Waals surface area contributed by atoms with Crippen LogP contribution in [0.3, 0.4) is 0 Å². The van der Waals surface area contributed by atoms with Crippen LogP contribution in [0.1, 0.15) is 25.3 Å². The van der Waals surface area contributed by atoms with Gasteiger partial charge in [-0.25, -0.2) is 0 Å². The summed E-state index contributed by atoms with van der Waals surface area (Å²) in [5.41, 5.74) is 1.01. The predicted octanol–water partition coefficient (Wildman–Crippen LogP) is 0.814. The number of rotatable bonds is 6. The number of carbonyl (C=O) groups is 2. The van der Waals surface area contributed by atoms with Crippen molar-refractivity contribution in [1.29, 1.82) is 0 Å². The Hall–Kier alpha value is -1.59. The Morgan fingerprint density at radius 2 is 2.09 bits per heavy atom. The van der Waals surface area contributed by atoms with Gasteiger partial charge in [0.25, 0.3) is 5.91 Å². The van der Waals surface area contributed by atoms with E-state index in [1.165, 1.54) is 0 Å². The summed E-state index contributed by atoms with van der Waals surface area (Å²) in [6.45, 7) is 4.70. The van der Waals surface area contributed by atoms with Crippen LogP contribution in [0.4, 0.5) is 0 Å². The van der Waals surface area contributed by atoms with E-state index in [0.29, 0.717) is 31.3 Å². The molecular formula is C17H24ClN2O3+. The van der Waals surface area contributed by atoms with Crippen LogP contribution >= 0.6 is 11.6 Å². The van der Waals surface area contributed by atoms with Crippen LogP contribution in [0.25, 0.3) is 0 Å². The standard InChI is InChI=1S/C17H23ClN2O3/c1-2-23-17(22)14-4-3-9-20(11-14)12-16(21)19-10-13-5-7-15(18)8-6-13/h5-8,14H,2-4,9-12H2,1H3,(H,19,21)/p+1/t14-/m1/s1. The van der Waals surface area contributed by atoms with Crippen molar-refractivity contribution in [3.8, 4) is 0 Å². The van der Waals surface area contributed by atoms with Gasteiger partial charge < -0.3 is 15.0 Å². The second-order valence-electron chi connectivity index (χ2n) is 5.88. The predicted molar refractivity (Wildman–Crippen MR) is 88.2 cm³/mol. The van der Waals surface area contributed by atoms with Crippen LogP contribution in [0, 0.1) is 5.92 Å². The minimum atomic E-state index is -0.133. The molecule has 0 aromatic heterocycles. The molecule has 0 radical (unpaired) electrons. The van der Waals surface area contributed by atoms with Crippen molar-refractivity contribution in [2.24, 2.45) is 5.92 Å². The lowest BCUT2D eigenvalue weighted by Gasteiger charge is -2.28. The molecule has 0 aliphatic carbocycles. The zero-order valence-corrected chi connectivity index (χ0v) is 14.2. The third-order valence-corrected chi connectivity index (χ3v) is 4.30. The maximum Gasteiger partial charge on any atom is 0.314 e. The molecule has 5 nitrogen and oxygen atoms in total. The Labute approximate surface area is 141 Å². The van der Waals surface area contributed by atoms with Gasteiger partial charge in [0, 0.05) is 11.6 Å². The SMILES string of the molecule is CCOC(=O)[C@@H]1CCC[NH+](CC(=O)NCc2ccc(Cl)cc2)C1. The topological polar surface area (TPSA) is 59.8 Å². The van der Waals surface area contributed by atoms with Crippen LogP contribution in [-0.2, 0) is 20.9 Å². The van der Waals surface area contributed by atoms with E-state index in [1.807, 2.05) is 31.2 Å². The lowest BCUT2D eigenvalue weighted by Crippen LogP contribution is -3.14. The second kappa shape index (κ2) is 8.89. The summed E-state index contributed by atoms with van der Waals surface area (Å²) in [4.78, 5) is 25.0. The summed E-state index contributed by atoms with van der Waals surface area (Å²) < 4.78 is 5.09. The van der Waals surface area contributed by atoms with Crippen molar-refractivity contribution < 1.29 is 19.2 Å².